The van der Waals surface area contributed by atoms with Crippen molar-refractivity contribution in [3.8, 4) is 0 Å². The summed E-state index contributed by atoms with van der Waals surface area (Å²) < 4.78 is 14.8. The van der Waals surface area contributed by atoms with Gasteiger partial charge in [0.15, 0.2) is 6.10 Å². The fourth-order valence-electron chi connectivity index (χ4n) is 2.85. The zero-order valence-corrected chi connectivity index (χ0v) is 17.7. The Kier molecular flexibility index (Phi) is 16.5. The number of rotatable bonds is 17. The highest BCUT2D eigenvalue weighted by molar-refractivity contribution is 5.70. The largest absolute Gasteiger partial charge is 0.452 e. The van der Waals surface area contributed by atoms with Crippen molar-refractivity contribution in [1.82, 2.24) is 0 Å². The summed E-state index contributed by atoms with van der Waals surface area (Å²) in [5.41, 5.74) is 0. The Labute approximate surface area is 169 Å². The van der Waals surface area contributed by atoms with E-state index in [0.29, 0.717) is 6.42 Å². The first kappa shape index (κ1) is 26.4. The van der Waals surface area contributed by atoms with E-state index in [9.17, 15) is 19.5 Å². The second kappa shape index (κ2) is 17.5. The van der Waals surface area contributed by atoms with Gasteiger partial charge in [0.05, 0.1) is 6.61 Å². The molecule has 0 fully saturated rings. The lowest BCUT2D eigenvalue weighted by Crippen LogP contribution is -2.40. The molecule has 7 nitrogen and oxygen atoms in total. The third-order valence-electron chi connectivity index (χ3n) is 4.32. The quantitative estimate of drug-likeness (QED) is 0.223. The lowest BCUT2D eigenvalue weighted by atomic mass is 10.1. The molecule has 2 atom stereocenters. The summed E-state index contributed by atoms with van der Waals surface area (Å²) >= 11 is 0. The zero-order chi connectivity index (χ0) is 21.2. The molecule has 0 heterocycles. The summed E-state index contributed by atoms with van der Waals surface area (Å²) in [4.78, 5) is 34.2. The molecular weight excluding hydrogens is 364 g/mol. The maximum atomic E-state index is 12.0. The third-order valence-corrected chi connectivity index (χ3v) is 4.32. The molecular formula is C21H38O7. The third kappa shape index (κ3) is 15.4. The van der Waals surface area contributed by atoms with Crippen LogP contribution in [0.15, 0.2) is 0 Å². The van der Waals surface area contributed by atoms with Gasteiger partial charge in [-0.2, -0.15) is 0 Å². The van der Waals surface area contributed by atoms with Crippen molar-refractivity contribution >= 4 is 17.9 Å². The van der Waals surface area contributed by atoms with Crippen LogP contribution in [0.25, 0.3) is 0 Å². The van der Waals surface area contributed by atoms with Gasteiger partial charge in [-0.25, -0.2) is 0 Å². The van der Waals surface area contributed by atoms with E-state index in [0.717, 1.165) is 33.1 Å². The molecule has 0 aliphatic heterocycles. The van der Waals surface area contributed by atoms with Gasteiger partial charge in [0.2, 0.25) is 0 Å². The number of esters is 3. The smallest absolute Gasteiger partial charge is 0.309 e. The van der Waals surface area contributed by atoms with Crippen LogP contribution < -0.4 is 0 Å². The molecule has 2 unspecified atom stereocenters. The number of hydrogen-bond donors (Lipinski definition) is 1. The average Bonchev–Trinajstić information content (AvgIpc) is 2.63. The molecule has 0 aliphatic carbocycles. The maximum absolute atomic E-state index is 12.0. The van der Waals surface area contributed by atoms with E-state index in [1.807, 2.05) is 0 Å². The Morgan fingerprint density at radius 2 is 1.18 bits per heavy atom. The Bertz CT molecular complexity index is 436. The Hall–Kier alpha value is -1.63. The molecule has 0 spiro atoms. The lowest BCUT2D eigenvalue weighted by Gasteiger charge is -2.24. The SMILES string of the molecule is CCCCCCCCCCCCCC(=O)OC(OC(C)=O)C(CO)OC(C)=O. The number of aliphatic hydroxyl groups is 1. The van der Waals surface area contributed by atoms with Crippen molar-refractivity contribution < 1.29 is 33.7 Å². The number of hydrogen-bond acceptors (Lipinski definition) is 7. The van der Waals surface area contributed by atoms with Crippen LogP contribution in [0.1, 0.15) is 97.8 Å². The number of unbranched alkanes of at least 4 members (excludes halogenated alkanes) is 10. The molecule has 0 saturated carbocycles. The van der Waals surface area contributed by atoms with Crippen molar-refractivity contribution in [3.05, 3.63) is 0 Å². The molecule has 0 bridgehead atoms. The second-order valence-corrected chi connectivity index (χ2v) is 7.08. The highest BCUT2D eigenvalue weighted by Gasteiger charge is 2.30. The molecule has 164 valence electrons. The molecule has 0 radical (unpaired) electrons. The van der Waals surface area contributed by atoms with E-state index in [1.165, 1.54) is 44.9 Å². The van der Waals surface area contributed by atoms with E-state index in [2.05, 4.69) is 6.92 Å². The number of ether oxygens (including phenoxy) is 3. The van der Waals surface area contributed by atoms with Gasteiger partial charge in [-0.15, -0.1) is 0 Å². The summed E-state index contributed by atoms with van der Waals surface area (Å²) in [5, 5.41) is 9.29. The van der Waals surface area contributed by atoms with E-state index in [-0.39, 0.29) is 6.42 Å². The molecule has 0 aromatic rings. The number of carbonyl (C=O) groups excluding carboxylic acids is 3. The molecule has 0 amide bonds. The van der Waals surface area contributed by atoms with Crippen LogP contribution >= 0.6 is 0 Å². The van der Waals surface area contributed by atoms with Crippen LogP contribution in [0.2, 0.25) is 0 Å². The van der Waals surface area contributed by atoms with Crippen LogP contribution in [0.5, 0.6) is 0 Å². The predicted molar refractivity (Wildman–Crippen MR) is 105 cm³/mol. The summed E-state index contributed by atoms with van der Waals surface area (Å²) in [5.74, 6) is -1.91. The Balaban J connectivity index is 3.96. The predicted octanol–water partition coefficient (Wildman–Crippen LogP) is 4.04. The first-order chi connectivity index (χ1) is 13.4. The van der Waals surface area contributed by atoms with Gasteiger partial charge >= 0.3 is 17.9 Å². The van der Waals surface area contributed by atoms with Crippen molar-refractivity contribution in [1.29, 1.82) is 0 Å². The minimum absolute atomic E-state index is 0.188. The van der Waals surface area contributed by atoms with Crippen molar-refractivity contribution in [2.75, 3.05) is 6.61 Å². The summed E-state index contributed by atoms with van der Waals surface area (Å²) in [6, 6.07) is 0. The normalized spacial score (nSPS) is 12.9. The summed E-state index contributed by atoms with van der Waals surface area (Å²) in [6.07, 6.45) is 10.4. The van der Waals surface area contributed by atoms with Gasteiger partial charge in [0.1, 0.15) is 0 Å². The van der Waals surface area contributed by atoms with E-state index in [4.69, 9.17) is 14.2 Å². The first-order valence-electron chi connectivity index (χ1n) is 10.6. The van der Waals surface area contributed by atoms with Crippen LogP contribution in [-0.4, -0.2) is 42.0 Å². The van der Waals surface area contributed by atoms with Gasteiger partial charge in [-0.05, 0) is 6.42 Å². The highest BCUT2D eigenvalue weighted by Crippen LogP contribution is 2.13. The van der Waals surface area contributed by atoms with Gasteiger partial charge in [0.25, 0.3) is 6.29 Å². The van der Waals surface area contributed by atoms with Crippen molar-refractivity contribution in [3.63, 3.8) is 0 Å². The zero-order valence-electron chi connectivity index (χ0n) is 17.7. The lowest BCUT2D eigenvalue weighted by molar-refractivity contribution is -0.216. The molecule has 28 heavy (non-hydrogen) atoms. The topological polar surface area (TPSA) is 99.1 Å². The minimum atomic E-state index is -1.44. The van der Waals surface area contributed by atoms with Crippen LogP contribution in [0.3, 0.4) is 0 Å². The molecule has 1 N–H and O–H groups in total. The van der Waals surface area contributed by atoms with E-state index < -0.39 is 36.9 Å². The first-order valence-corrected chi connectivity index (χ1v) is 10.6. The summed E-state index contributed by atoms with van der Waals surface area (Å²) in [6.45, 7) is 3.90. The Morgan fingerprint density at radius 3 is 1.61 bits per heavy atom. The molecule has 7 heteroatoms. The van der Waals surface area contributed by atoms with Crippen LogP contribution in [0, 0.1) is 0 Å². The maximum Gasteiger partial charge on any atom is 0.309 e. The molecule has 0 aliphatic rings. The van der Waals surface area contributed by atoms with E-state index >= 15 is 0 Å². The fourth-order valence-corrected chi connectivity index (χ4v) is 2.85. The number of carbonyl (C=O) groups is 3. The number of aliphatic hydroxyl groups excluding tert-OH is 1. The van der Waals surface area contributed by atoms with E-state index in [1.54, 1.807) is 0 Å². The van der Waals surface area contributed by atoms with Gasteiger partial charge in [-0.3, -0.25) is 14.4 Å². The highest BCUT2D eigenvalue weighted by atomic mass is 16.7. The second-order valence-electron chi connectivity index (χ2n) is 7.08. The minimum Gasteiger partial charge on any atom is -0.452 e. The van der Waals surface area contributed by atoms with Gasteiger partial charge in [-0.1, -0.05) is 71.1 Å². The van der Waals surface area contributed by atoms with Crippen molar-refractivity contribution in [2.24, 2.45) is 0 Å². The van der Waals surface area contributed by atoms with Gasteiger partial charge < -0.3 is 19.3 Å². The van der Waals surface area contributed by atoms with Crippen molar-refractivity contribution in [2.45, 2.75) is 110 Å². The van der Waals surface area contributed by atoms with Gasteiger partial charge in [0, 0.05) is 20.3 Å². The summed E-state index contributed by atoms with van der Waals surface area (Å²) in [7, 11) is 0. The standard InChI is InChI=1S/C21H38O7/c1-4-5-6-7-8-9-10-11-12-13-14-15-20(25)28-21(27-18(3)24)19(16-22)26-17(2)23/h19,21-22H,4-16H2,1-3H3. The fraction of sp³-hybridized carbons (Fsp3) is 0.857. The van der Waals surface area contributed by atoms with Crippen LogP contribution in [-0.2, 0) is 28.6 Å². The molecule has 0 rings (SSSR count). The Morgan fingerprint density at radius 1 is 0.714 bits per heavy atom. The monoisotopic (exact) mass is 402 g/mol. The molecule has 0 aromatic carbocycles. The molecule has 0 saturated heterocycles. The van der Waals surface area contributed by atoms with Crippen LogP contribution in [0.4, 0.5) is 0 Å². The average molecular weight is 403 g/mol. The molecule has 0 aromatic heterocycles.